The minimum Gasteiger partial charge on any atom is -0.310 e. The van der Waals surface area contributed by atoms with Crippen molar-refractivity contribution in [1.29, 1.82) is 0 Å². The molecular weight excluding hydrogens is 285 g/mol. The number of nitrogens with one attached hydrogen (secondary N) is 1. The molecule has 1 aromatic carbocycles. The van der Waals surface area contributed by atoms with Crippen molar-refractivity contribution in [2.75, 3.05) is 0 Å². The third kappa shape index (κ3) is 3.96. The Morgan fingerprint density at radius 3 is 2.21 bits per heavy atom. The summed E-state index contributed by atoms with van der Waals surface area (Å²) in [5, 5.41) is 3.55. The molecule has 0 amide bonds. The Hall–Kier alpha value is -0.0900. The summed E-state index contributed by atoms with van der Waals surface area (Å²) in [6.45, 7) is 5.45. The molecule has 0 saturated heterocycles. The lowest BCUT2D eigenvalue weighted by molar-refractivity contribution is 0.484. The highest BCUT2D eigenvalue weighted by Crippen LogP contribution is 2.07. The molecule has 1 rings (SSSR count). The first-order valence-corrected chi connectivity index (χ1v) is 6.32. The number of halogens is 1. The summed E-state index contributed by atoms with van der Waals surface area (Å²) in [5.41, 5.74) is 1.37. The van der Waals surface area contributed by atoms with Crippen molar-refractivity contribution in [2.45, 2.75) is 39.3 Å². The summed E-state index contributed by atoms with van der Waals surface area (Å²) in [6.07, 6.45) is 2.42. The molecule has 0 bridgehead atoms. The molecular formula is C12H18IN. The molecule has 0 spiro atoms. The van der Waals surface area contributed by atoms with Gasteiger partial charge in [0.15, 0.2) is 0 Å². The summed E-state index contributed by atoms with van der Waals surface area (Å²) < 4.78 is 1.30. The zero-order valence-electron chi connectivity index (χ0n) is 8.89. The second kappa shape index (κ2) is 6.40. The van der Waals surface area contributed by atoms with Gasteiger partial charge >= 0.3 is 0 Å². The summed E-state index contributed by atoms with van der Waals surface area (Å²) in [4.78, 5) is 0. The van der Waals surface area contributed by atoms with Crippen molar-refractivity contribution in [3.8, 4) is 0 Å². The van der Waals surface area contributed by atoms with Crippen LogP contribution in [-0.4, -0.2) is 6.04 Å². The summed E-state index contributed by atoms with van der Waals surface area (Å²) in [5.74, 6) is 0. The largest absolute Gasteiger partial charge is 0.310 e. The van der Waals surface area contributed by atoms with Crippen LogP contribution in [0.5, 0.6) is 0 Å². The lowest BCUT2D eigenvalue weighted by Gasteiger charge is -2.14. The molecule has 0 fully saturated rings. The molecule has 14 heavy (non-hydrogen) atoms. The van der Waals surface area contributed by atoms with Crippen LogP contribution >= 0.6 is 22.6 Å². The second-order valence-corrected chi connectivity index (χ2v) is 4.77. The first kappa shape index (κ1) is 12.0. The van der Waals surface area contributed by atoms with Gasteiger partial charge in [0.05, 0.1) is 0 Å². The van der Waals surface area contributed by atoms with Crippen molar-refractivity contribution in [3.05, 3.63) is 33.4 Å². The maximum Gasteiger partial charge on any atom is 0.0208 e. The Labute approximate surface area is 100 Å². The number of benzene rings is 1. The lowest BCUT2D eigenvalue weighted by Crippen LogP contribution is -2.26. The van der Waals surface area contributed by atoms with Gasteiger partial charge in [-0.1, -0.05) is 26.0 Å². The Morgan fingerprint density at radius 2 is 1.71 bits per heavy atom. The predicted octanol–water partition coefficient (Wildman–Crippen LogP) is 3.57. The lowest BCUT2D eigenvalue weighted by atomic mass is 10.1. The van der Waals surface area contributed by atoms with Crippen molar-refractivity contribution >= 4 is 22.6 Å². The van der Waals surface area contributed by atoms with Crippen LogP contribution < -0.4 is 5.32 Å². The van der Waals surface area contributed by atoms with Gasteiger partial charge in [0.2, 0.25) is 0 Å². The first-order chi connectivity index (χ1) is 6.76. The molecule has 0 aliphatic heterocycles. The third-order valence-corrected chi connectivity index (χ3v) is 3.21. The molecule has 0 saturated carbocycles. The maximum atomic E-state index is 3.55. The number of hydrogen-bond donors (Lipinski definition) is 1. The van der Waals surface area contributed by atoms with Gasteiger partial charge in [-0.05, 0) is 53.1 Å². The van der Waals surface area contributed by atoms with Crippen LogP contribution in [0, 0.1) is 3.57 Å². The number of hydrogen-bond acceptors (Lipinski definition) is 1. The molecule has 0 aliphatic carbocycles. The van der Waals surface area contributed by atoms with E-state index in [1.54, 1.807) is 0 Å². The van der Waals surface area contributed by atoms with Gasteiger partial charge < -0.3 is 5.32 Å². The normalized spacial score (nSPS) is 10.9. The molecule has 1 nitrogen and oxygen atoms in total. The van der Waals surface area contributed by atoms with Crippen LogP contribution in [0.25, 0.3) is 0 Å². The Balaban J connectivity index is 2.41. The van der Waals surface area contributed by atoms with Gasteiger partial charge in [-0.25, -0.2) is 0 Å². The average molecular weight is 303 g/mol. The van der Waals surface area contributed by atoms with E-state index < -0.39 is 0 Å². The fraction of sp³-hybridized carbons (Fsp3) is 0.500. The molecule has 78 valence electrons. The van der Waals surface area contributed by atoms with Crippen molar-refractivity contribution in [2.24, 2.45) is 0 Å². The summed E-state index contributed by atoms with van der Waals surface area (Å²) >= 11 is 2.33. The molecule has 0 heterocycles. The van der Waals surface area contributed by atoms with E-state index in [9.17, 15) is 0 Å². The fourth-order valence-electron chi connectivity index (χ4n) is 1.44. The highest BCUT2D eigenvalue weighted by Gasteiger charge is 2.01. The van der Waals surface area contributed by atoms with E-state index >= 15 is 0 Å². The van der Waals surface area contributed by atoms with Crippen molar-refractivity contribution in [1.82, 2.24) is 5.32 Å². The van der Waals surface area contributed by atoms with Gasteiger partial charge in [0, 0.05) is 16.2 Å². The first-order valence-electron chi connectivity index (χ1n) is 5.24. The van der Waals surface area contributed by atoms with E-state index in [1.807, 2.05) is 0 Å². The van der Waals surface area contributed by atoms with E-state index in [1.165, 1.54) is 22.0 Å². The predicted molar refractivity (Wildman–Crippen MR) is 70.4 cm³/mol. The Kier molecular flexibility index (Phi) is 5.48. The van der Waals surface area contributed by atoms with E-state index in [-0.39, 0.29) is 0 Å². The van der Waals surface area contributed by atoms with Crippen LogP contribution in [0.1, 0.15) is 32.3 Å². The van der Waals surface area contributed by atoms with Crippen LogP contribution in [0.2, 0.25) is 0 Å². The molecule has 1 N–H and O–H groups in total. The maximum absolute atomic E-state index is 3.55. The highest BCUT2D eigenvalue weighted by atomic mass is 127. The molecule has 0 unspecified atom stereocenters. The fourth-order valence-corrected chi connectivity index (χ4v) is 1.80. The highest BCUT2D eigenvalue weighted by molar-refractivity contribution is 14.1. The molecule has 0 atom stereocenters. The Morgan fingerprint density at radius 1 is 1.14 bits per heavy atom. The van der Waals surface area contributed by atoms with Crippen molar-refractivity contribution in [3.63, 3.8) is 0 Å². The van der Waals surface area contributed by atoms with Gasteiger partial charge in [0.1, 0.15) is 0 Å². The summed E-state index contributed by atoms with van der Waals surface area (Å²) in [7, 11) is 0. The second-order valence-electron chi connectivity index (χ2n) is 3.52. The quantitative estimate of drug-likeness (QED) is 0.820. The minimum absolute atomic E-state index is 0.661. The van der Waals surface area contributed by atoms with Gasteiger partial charge in [0.25, 0.3) is 0 Å². The van der Waals surface area contributed by atoms with Crippen LogP contribution in [0.4, 0.5) is 0 Å². The Bertz CT molecular complexity index is 252. The molecule has 0 radical (unpaired) electrons. The topological polar surface area (TPSA) is 12.0 Å². The van der Waals surface area contributed by atoms with E-state index in [0.717, 1.165) is 6.54 Å². The minimum atomic E-state index is 0.661. The molecule has 1 aromatic rings. The van der Waals surface area contributed by atoms with E-state index in [2.05, 4.69) is 66.0 Å². The van der Waals surface area contributed by atoms with E-state index in [0.29, 0.717) is 6.04 Å². The zero-order chi connectivity index (χ0) is 10.4. The van der Waals surface area contributed by atoms with Gasteiger partial charge in [-0.3, -0.25) is 0 Å². The molecule has 0 aliphatic rings. The van der Waals surface area contributed by atoms with Crippen LogP contribution in [0.3, 0.4) is 0 Å². The zero-order valence-corrected chi connectivity index (χ0v) is 11.0. The smallest absolute Gasteiger partial charge is 0.0208 e. The SMILES string of the molecule is CCC(CC)NCc1ccc(I)cc1. The standard InChI is InChI=1S/C12H18IN/c1-3-12(4-2)14-9-10-5-7-11(13)8-6-10/h5-8,12,14H,3-4,9H2,1-2H3. The molecule has 0 aromatic heterocycles. The van der Waals surface area contributed by atoms with E-state index in [4.69, 9.17) is 0 Å². The number of rotatable bonds is 5. The van der Waals surface area contributed by atoms with Crippen LogP contribution in [-0.2, 0) is 6.54 Å². The monoisotopic (exact) mass is 303 g/mol. The van der Waals surface area contributed by atoms with Gasteiger partial charge in [-0.2, -0.15) is 0 Å². The van der Waals surface area contributed by atoms with Crippen LogP contribution in [0.15, 0.2) is 24.3 Å². The average Bonchev–Trinajstić information content (AvgIpc) is 2.22. The van der Waals surface area contributed by atoms with Gasteiger partial charge in [-0.15, -0.1) is 0 Å². The third-order valence-electron chi connectivity index (χ3n) is 2.49. The molecule has 2 heteroatoms. The summed E-state index contributed by atoms with van der Waals surface area (Å²) in [6, 6.07) is 9.36. The van der Waals surface area contributed by atoms with Crippen molar-refractivity contribution < 1.29 is 0 Å².